The van der Waals surface area contributed by atoms with E-state index in [0.29, 0.717) is 17.7 Å². The van der Waals surface area contributed by atoms with Gasteiger partial charge in [-0.15, -0.1) is 0 Å². The molecule has 1 heterocycles. The quantitative estimate of drug-likeness (QED) is 0.687. The standard InChI is InChI=1S/C12H21NO/c1-10(2)11(14)8-13-7-3-4-12(9-13)5-6-12/h10H,3-9H2,1-2H3. The van der Waals surface area contributed by atoms with Gasteiger partial charge in [0.2, 0.25) is 0 Å². The summed E-state index contributed by atoms with van der Waals surface area (Å²) >= 11 is 0. The van der Waals surface area contributed by atoms with Crippen molar-refractivity contribution in [1.29, 1.82) is 0 Å². The van der Waals surface area contributed by atoms with Crippen molar-refractivity contribution in [3.8, 4) is 0 Å². The third kappa shape index (κ3) is 2.17. The van der Waals surface area contributed by atoms with Gasteiger partial charge in [0.25, 0.3) is 0 Å². The second-order valence-electron chi connectivity index (χ2n) is 5.44. The molecule has 2 aliphatic rings. The third-order valence-electron chi connectivity index (χ3n) is 3.72. The molecule has 0 radical (unpaired) electrons. The van der Waals surface area contributed by atoms with Crippen LogP contribution < -0.4 is 0 Å². The van der Waals surface area contributed by atoms with Crippen molar-refractivity contribution >= 4 is 5.78 Å². The van der Waals surface area contributed by atoms with Crippen LogP contribution in [0.4, 0.5) is 0 Å². The maximum atomic E-state index is 11.6. The largest absolute Gasteiger partial charge is 0.298 e. The van der Waals surface area contributed by atoms with Gasteiger partial charge in [-0.3, -0.25) is 9.69 Å². The van der Waals surface area contributed by atoms with E-state index in [1.54, 1.807) is 0 Å². The summed E-state index contributed by atoms with van der Waals surface area (Å²) in [7, 11) is 0. The van der Waals surface area contributed by atoms with Crippen LogP contribution in [0.2, 0.25) is 0 Å². The molecule has 1 saturated heterocycles. The molecule has 0 bridgehead atoms. The van der Waals surface area contributed by atoms with Crippen LogP contribution in [0.15, 0.2) is 0 Å². The second-order valence-corrected chi connectivity index (χ2v) is 5.44. The highest BCUT2D eigenvalue weighted by Crippen LogP contribution is 2.51. The molecule has 2 rings (SSSR count). The van der Waals surface area contributed by atoms with E-state index in [4.69, 9.17) is 0 Å². The van der Waals surface area contributed by atoms with Crippen LogP contribution in [0, 0.1) is 11.3 Å². The van der Waals surface area contributed by atoms with E-state index in [2.05, 4.69) is 4.90 Å². The molecule has 0 amide bonds. The average Bonchev–Trinajstić information content (AvgIpc) is 2.84. The van der Waals surface area contributed by atoms with Crippen molar-refractivity contribution in [3.05, 3.63) is 0 Å². The van der Waals surface area contributed by atoms with E-state index in [0.717, 1.165) is 6.54 Å². The topological polar surface area (TPSA) is 20.3 Å². The van der Waals surface area contributed by atoms with Crippen LogP contribution in [0.3, 0.4) is 0 Å². The highest BCUT2D eigenvalue weighted by molar-refractivity contribution is 5.82. The van der Waals surface area contributed by atoms with Crippen LogP contribution >= 0.6 is 0 Å². The molecule has 0 aromatic rings. The monoisotopic (exact) mass is 195 g/mol. The van der Waals surface area contributed by atoms with Gasteiger partial charge in [-0.25, -0.2) is 0 Å². The molecule has 0 atom stereocenters. The Balaban J connectivity index is 1.83. The zero-order valence-electron chi connectivity index (χ0n) is 9.38. The van der Waals surface area contributed by atoms with Crippen molar-refractivity contribution in [3.63, 3.8) is 0 Å². The SMILES string of the molecule is CC(C)C(=O)CN1CCCC2(CC2)C1. The van der Waals surface area contributed by atoms with E-state index in [1.807, 2.05) is 13.8 Å². The first kappa shape index (κ1) is 10.2. The number of nitrogens with zero attached hydrogens (tertiary/aromatic N) is 1. The summed E-state index contributed by atoms with van der Waals surface area (Å²) < 4.78 is 0. The molecule has 0 aromatic heterocycles. The Bertz CT molecular complexity index is 230. The molecule has 0 aromatic carbocycles. The lowest BCUT2D eigenvalue weighted by Crippen LogP contribution is -2.40. The van der Waals surface area contributed by atoms with Crippen molar-refractivity contribution < 1.29 is 4.79 Å². The third-order valence-corrected chi connectivity index (χ3v) is 3.72. The molecule has 1 aliphatic carbocycles. The summed E-state index contributed by atoms with van der Waals surface area (Å²) in [6.07, 6.45) is 5.50. The van der Waals surface area contributed by atoms with Gasteiger partial charge in [-0.05, 0) is 37.6 Å². The average molecular weight is 195 g/mol. The Kier molecular flexibility index (Phi) is 2.65. The molecule has 80 valence electrons. The summed E-state index contributed by atoms with van der Waals surface area (Å²) in [5.41, 5.74) is 0.648. The van der Waals surface area contributed by atoms with E-state index >= 15 is 0 Å². The number of Topliss-reactive ketones (excluding diaryl/α,β-unsaturated/α-hetero) is 1. The number of rotatable bonds is 3. The Morgan fingerprint density at radius 2 is 2.07 bits per heavy atom. The molecule has 0 unspecified atom stereocenters. The molecule has 1 spiro atoms. The lowest BCUT2D eigenvalue weighted by molar-refractivity contribution is -0.123. The maximum absolute atomic E-state index is 11.6. The van der Waals surface area contributed by atoms with Gasteiger partial charge in [-0.1, -0.05) is 13.8 Å². The van der Waals surface area contributed by atoms with Crippen LogP contribution in [0.5, 0.6) is 0 Å². The van der Waals surface area contributed by atoms with Crippen molar-refractivity contribution in [1.82, 2.24) is 4.90 Å². The Hall–Kier alpha value is -0.370. The van der Waals surface area contributed by atoms with Gasteiger partial charge in [0, 0.05) is 12.5 Å². The number of hydrogen-bond acceptors (Lipinski definition) is 2. The van der Waals surface area contributed by atoms with Crippen molar-refractivity contribution in [2.75, 3.05) is 19.6 Å². The number of hydrogen-bond donors (Lipinski definition) is 0. The van der Waals surface area contributed by atoms with Crippen LogP contribution in [0.25, 0.3) is 0 Å². The fourth-order valence-corrected chi connectivity index (χ4v) is 2.43. The highest BCUT2D eigenvalue weighted by atomic mass is 16.1. The number of carbonyl (C=O) groups is 1. The summed E-state index contributed by atoms with van der Waals surface area (Å²) in [5.74, 6) is 0.606. The first-order valence-corrected chi connectivity index (χ1v) is 5.86. The minimum absolute atomic E-state index is 0.201. The molecule has 1 aliphatic heterocycles. The summed E-state index contributed by atoms with van der Waals surface area (Å²) in [6.45, 7) is 7.02. The molecule has 0 N–H and O–H groups in total. The van der Waals surface area contributed by atoms with Crippen molar-refractivity contribution in [2.24, 2.45) is 11.3 Å². The molecule has 2 fully saturated rings. The molecule has 2 nitrogen and oxygen atoms in total. The number of piperidine rings is 1. The minimum Gasteiger partial charge on any atom is -0.298 e. The molecule has 2 heteroatoms. The van der Waals surface area contributed by atoms with Gasteiger partial charge >= 0.3 is 0 Å². The Morgan fingerprint density at radius 1 is 1.36 bits per heavy atom. The normalized spacial score (nSPS) is 25.6. The Morgan fingerprint density at radius 3 is 2.64 bits per heavy atom. The fourth-order valence-electron chi connectivity index (χ4n) is 2.43. The smallest absolute Gasteiger partial charge is 0.149 e. The lowest BCUT2D eigenvalue weighted by atomic mass is 9.94. The van der Waals surface area contributed by atoms with Gasteiger partial charge < -0.3 is 0 Å². The summed E-state index contributed by atoms with van der Waals surface area (Å²) in [6, 6.07) is 0. The number of ketones is 1. The lowest BCUT2D eigenvalue weighted by Gasteiger charge is -2.32. The minimum atomic E-state index is 0.201. The number of carbonyl (C=O) groups excluding carboxylic acids is 1. The molecule has 1 saturated carbocycles. The Labute approximate surface area is 86.7 Å². The predicted molar refractivity (Wildman–Crippen MR) is 57.2 cm³/mol. The first-order valence-electron chi connectivity index (χ1n) is 5.86. The molecule has 14 heavy (non-hydrogen) atoms. The van der Waals surface area contributed by atoms with Crippen LogP contribution in [-0.4, -0.2) is 30.3 Å². The highest BCUT2D eigenvalue weighted by Gasteiger charge is 2.45. The first-order chi connectivity index (χ1) is 6.61. The second kappa shape index (κ2) is 3.65. The van der Waals surface area contributed by atoms with E-state index < -0.39 is 0 Å². The van der Waals surface area contributed by atoms with Gasteiger partial charge in [-0.2, -0.15) is 0 Å². The van der Waals surface area contributed by atoms with Gasteiger partial charge in [0.15, 0.2) is 0 Å². The van der Waals surface area contributed by atoms with E-state index in [1.165, 1.54) is 32.2 Å². The zero-order valence-corrected chi connectivity index (χ0v) is 9.38. The molecular weight excluding hydrogens is 174 g/mol. The van der Waals surface area contributed by atoms with E-state index in [-0.39, 0.29) is 5.92 Å². The van der Waals surface area contributed by atoms with Gasteiger partial charge in [0.1, 0.15) is 5.78 Å². The fraction of sp³-hybridized carbons (Fsp3) is 0.917. The predicted octanol–water partition coefficient (Wildman–Crippen LogP) is 2.09. The maximum Gasteiger partial charge on any atom is 0.149 e. The summed E-state index contributed by atoms with van der Waals surface area (Å²) in [4.78, 5) is 14.0. The van der Waals surface area contributed by atoms with E-state index in [9.17, 15) is 4.79 Å². The zero-order chi connectivity index (χ0) is 10.2. The summed E-state index contributed by atoms with van der Waals surface area (Å²) in [5, 5.41) is 0. The molecular formula is C12H21NO. The number of likely N-dealkylation sites (tertiary alicyclic amines) is 1. The van der Waals surface area contributed by atoms with Crippen LogP contribution in [0.1, 0.15) is 39.5 Å². The van der Waals surface area contributed by atoms with Crippen molar-refractivity contribution in [2.45, 2.75) is 39.5 Å². The van der Waals surface area contributed by atoms with Crippen LogP contribution in [-0.2, 0) is 4.79 Å². The van der Waals surface area contributed by atoms with Gasteiger partial charge in [0.05, 0.1) is 6.54 Å².